The molecule has 0 saturated heterocycles. The van der Waals surface area contributed by atoms with E-state index in [0.29, 0.717) is 52.8 Å². The van der Waals surface area contributed by atoms with E-state index in [1.165, 1.54) is 17.4 Å². The average molecular weight is 481 g/mol. The van der Waals surface area contributed by atoms with Gasteiger partial charge in [0.25, 0.3) is 5.91 Å². The summed E-state index contributed by atoms with van der Waals surface area (Å²) in [5.74, 6) is 1.93. The zero-order valence-corrected chi connectivity index (χ0v) is 19.8. The van der Waals surface area contributed by atoms with E-state index >= 15 is 0 Å². The first kappa shape index (κ1) is 24.5. The fourth-order valence-corrected chi connectivity index (χ4v) is 3.40. The number of methoxy groups -OCH3 is 1. The molecule has 0 aliphatic carbocycles. The number of ether oxygens (including phenoxy) is 4. The van der Waals surface area contributed by atoms with Gasteiger partial charge in [-0.1, -0.05) is 17.4 Å². The Morgan fingerprint density at radius 2 is 1.79 bits per heavy atom. The van der Waals surface area contributed by atoms with Crippen molar-refractivity contribution in [3.05, 3.63) is 58.6 Å². The van der Waals surface area contributed by atoms with Crippen molar-refractivity contribution in [1.82, 2.24) is 10.2 Å². The Hall–Kier alpha value is -4.10. The number of carbonyl (C=O) groups excluding carboxylic acids is 1. The number of nitriles is 1. The van der Waals surface area contributed by atoms with Crippen LogP contribution in [-0.2, 0) is 4.79 Å². The minimum atomic E-state index is -0.562. The molecule has 0 fully saturated rings. The Labute approximate surface area is 201 Å². The van der Waals surface area contributed by atoms with Crippen molar-refractivity contribution in [2.75, 3.05) is 32.2 Å². The quantitative estimate of drug-likeness (QED) is 0.246. The number of hydrogen-bond donors (Lipinski definition) is 1. The summed E-state index contributed by atoms with van der Waals surface area (Å²) in [6.45, 7) is 4.70. The van der Waals surface area contributed by atoms with Gasteiger partial charge in [-0.05, 0) is 61.9 Å². The molecule has 0 aliphatic rings. The van der Waals surface area contributed by atoms with E-state index < -0.39 is 5.91 Å². The monoisotopic (exact) mass is 480 g/mol. The van der Waals surface area contributed by atoms with Gasteiger partial charge in [0, 0.05) is 0 Å². The van der Waals surface area contributed by atoms with Crippen LogP contribution < -0.4 is 24.3 Å². The van der Waals surface area contributed by atoms with Gasteiger partial charge in [0.15, 0.2) is 11.5 Å². The van der Waals surface area contributed by atoms with Crippen molar-refractivity contribution >= 4 is 28.5 Å². The summed E-state index contributed by atoms with van der Waals surface area (Å²) in [6.07, 6.45) is 1.47. The molecule has 1 aromatic heterocycles. The van der Waals surface area contributed by atoms with Crippen LogP contribution in [0.2, 0.25) is 0 Å². The maximum atomic E-state index is 12.4. The Morgan fingerprint density at radius 1 is 1.06 bits per heavy atom. The third-order valence-corrected chi connectivity index (χ3v) is 5.11. The van der Waals surface area contributed by atoms with Crippen LogP contribution in [0.1, 0.15) is 17.5 Å². The topological polar surface area (TPSA) is 116 Å². The van der Waals surface area contributed by atoms with Crippen LogP contribution in [0.5, 0.6) is 23.0 Å². The largest absolute Gasteiger partial charge is 0.497 e. The maximum Gasteiger partial charge on any atom is 0.268 e. The summed E-state index contributed by atoms with van der Waals surface area (Å²) in [5.41, 5.74) is 0.544. The molecule has 0 unspecified atom stereocenters. The molecule has 1 amide bonds. The highest BCUT2D eigenvalue weighted by Crippen LogP contribution is 2.29. The number of benzene rings is 2. The van der Waals surface area contributed by atoms with E-state index in [9.17, 15) is 10.1 Å². The van der Waals surface area contributed by atoms with Crippen LogP contribution >= 0.6 is 11.3 Å². The second-order valence-electron chi connectivity index (χ2n) is 6.76. The zero-order chi connectivity index (χ0) is 24.3. The van der Waals surface area contributed by atoms with Gasteiger partial charge in [-0.25, -0.2) is 0 Å². The molecule has 0 spiro atoms. The maximum absolute atomic E-state index is 12.4. The molecule has 0 aliphatic heterocycles. The molecule has 10 heteroatoms. The lowest BCUT2D eigenvalue weighted by atomic mass is 10.1. The molecule has 3 aromatic rings. The predicted molar refractivity (Wildman–Crippen MR) is 128 cm³/mol. The van der Waals surface area contributed by atoms with Crippen molar-refractivity contribution in [3.63, 3.8) is 0 Å². The third-order valence-electron chi connectivity index (χ3n) is 4.36. The van der Waals surface area contributed by atoms with Gasteiger partial charge in [0.05, 0.1) is 13.7 Å². The Balaban J connectivity index is 1.63. The normalized spacial score (nSPS) is 10.8. The van der Waals surface area contributed by atoms with Gasteiger partial charge in [-0.2, -0.15) is 5.26 Å². The van der Waals surface area contributed by atoms with Crippen molar-refractivity contribution < 1.29 is 23.7 Å². The van der Waals surface area contributed by atoms with Crippen LogP contribution in [0, 0.1) is 18.3 Å². The first-order chi connectivity index (χ1) is 16.5. The lowest BCUT2D eigenvalue weighted by Gasteiger charge is -2.13. The highest BCUT2D eigenvalue weighted by Gasteiger charge is 2.13. The standard InChI is InChI=1S/C24H24N4O5S/c1-4-31-22-14-17(13-18(15-25)23(29)26-24-28-27-16(2)34-24)5-10-21(22)33-12-11-32-20-8-6-19(30-3)7-9-20/h5-10,13-14H,4,11-12H2,1-3H3,(H,26,28,29)/b18-13-. The molecule has 0 radical (unpaired) electrons. The average Bonchev–Trinajstić information content (AvgIpc) is 3.26. The second kappa shape index (κ2) is 12.2. The minimum absolute atomic E-state index is 0.0724. The van der Waals surface area contributed by atoms with Crippen LogP contribution in [0.3, 0.4) is 0 Å². The summed E-state index contributed by atoms with van der Waals surface area (Å²) in [7, 11) is 1.61. The Bertz CT molecular complexity index is 1180. The van der Waals surface area contributed by atoms with Gasteiger partial charge in [0.2, 0.25) is 5.13 Å². The Morgan fingerprint density at radius 3 is 2.44 bits per heavy atom. The molecule has 0 atom stereocenters. The lowest BCUT2D eigenvalue weighted by molar-refractivity contribution is -0.112. The number of amides is 1. The summed E-state index contributed by atoms with van der Waals surface area (Å²) in [5, 5.41) is 20.8. The van der Waals surface area contributed by atoms with Crippen LogP contribution in [0.25, 0.3) is 6.08 Å². The fourth-order valence-electron chi connectivity index (χ4n) is 2.81. The summed E-state index contributed by atoms with van der Waals surface area (Å²) in [6, 6.07) is 14.4. The van der Waals surface area contributed by atoms with Crippen LogP contribution in [-0.4, -0.2) is 43.0 Å². The molecule has 0 saturated carbocycles. The molecule has 1 heterocycles. The Kier molecular flexibility index (Phi) is 8.82. The number of nitrogens with zero attached hydrogens (tertiary/aromatic N) is 3. The summed E-state index contributed by atoms with van der Waals surface area (Å²) in [4.78, 5) is 12.4. The van der Waals surface area contributed by atoms with E-state index in [2.05, 4.69) is 15.5 Å². The zero-order valence-electron chi connectivity index (χ0n) is 19.0. The molecular weight excluding hydrogens is 456 g/mol. The lowest BCUT2D eigenvalue weighted by Crippen LogP contribution is -2.13. The third kappa shape index (κ3) is 6.95. The number of rotatable bonds is 11. The molecule has 176 valence electrons. The molecule has 0 bridgehead atoms. The van der Waals surface area contributed by atoms with Gasteiger partial charge >= 0.3 is 0 Å². The SMILES string of the molecule is CCOc1cc(/C=C(/C#N)C(=O)Nc2nnc(C)s2)ccc1OCCOc1ccc(OC)cc1. The molecular formula is C24H24N4O5S. The van der Waals surface area contributed by atoms with Crippen molar-refractivity contribution in [2.24, 2.45) is 0 Å². The molecule has 34 heavy (non-hydrogen) atoms. The van der Waals surface area contributed by atoms with E-state index in [1.807, 2.05) is 37.3 Å². The predicted octanol–water partition coefficient (Wildman–Crippen LogP) is 4.26. The number of aromatic nitrogens is 2. The smallest absolute Gasteiger partial charge is 0.268 e. The highest BCUT2D eigenvalue weighted by molar-refractivity contribution is 7.15. The van der Waals surface area contributed by atoms with Crippen molar-refractivity contribution in [2.45, 2.75) is 13.8 Å². The molecule has 3 rings (SSSR count). The number of hydrogen-bond acceptors (Lipinski definition) is 9. The molecule has 2 aromatic carbocycles. The van der Waals surface area contributed by atoms with Gasteiger partial charge in [-0.15, -0.1) is 10.2 Å². The van der Waals surface area contributed by atoms with E-state index in [1.54, 1.807) is 32.2 Å². The first-order valence-corrected chi connectivity index (χ1v) is 11.2. The fraction of sp³-hybridized carbons (Fsp3) is 0.250. The summed E-state index contributed by atoms with van der Waals surface area (Å²) < 4.78 is 22.3. The minimum Gasteiger partial charge on any atom is -0.497 e. The van der Waals surface area contributed by atoms with Crippen LogP contribution in [0.4, 0.5) is 5.13 Å². The molecule has 9 nitrogen and oxygen atoms in total. The van der Waals surface area contributed by atoms with Crippen molar-refractivity contribution in [3.8, 4) is 29.1 Å². The number of carbonyl (C=O) groups is 1. The number of anilines is 1. The van der Waals surface area contributed by atoms with Gasteiger partial charge < -0.3 is 18.9 Å². The van der Waals surface area contributed by atoms with E-state index in [0.717, 1.165) is 5.75 Å². The van der Waals surface area contributed by atoms with Gasteiger partial charge in [0.1, 0.15) is 41.4 Å². The second-order valence-corrected chi connectivity index (χ2v) is 7.94. The first-order valence-electron chi connectivity index (χ1n) is 10.4. The van der Waals surface area contributed by atoms with Gasteiger partial charge in [-0.3, -0.25) is 10.1 Å². The molecule has 1 N–H and O–H groups in total. The van der Waals surface area contributed by atoms with E-state index in [4.69, 9.17) is 18.9 Å². The van der Waals surface area contributed by atoms with E-state index in [-0.39, 0.29) is 5.57 Å². The number of nitrogens with one attached hydrogen (secondary N) is 1. The van der Waals surface area contributed by atoms with Crippen molar-refractivity contribution in [1.29, 1.82) is 5.26 Å². The highest BCUT2D eigenvalue weighted by atomic mass is 32.1. The summed E-state index contributed by atoms with van der Waals surface area (Å²) >= 11 is 1.23. The number of aryl methyl sites for hydroxylation is 1. The van der Waals surface area contributed by atoms with Crippen LogP contribution in [0.15, 0.2) is 48.0 Å².